The summed E-state index contributed by atoms with van der Waals surface area (Å²) in [7, 11) is 0. The third-order valence-corrected chi connectivity index (χ3v) is 4.79. The highest BCUT2D eigenvalue weighted by atomic mass is 32.1. The lowest BCUT2D eigenvalue weighted by molar-refractivity contribution is 0.0174. The van der Waals surface area contributed by atoms with E-state index >= 15 is 0 Å². The minimum Gasteiger partial charge on any atom is -0.379 e. The number of hydrogen-bond acceptors (Lipinski definition) is 5. The van der Waals surface area contributed by atoms with E-state index in [1.54, 1.807) is 17.5 Å². The molecule has 0 saturated carbocycles. The summed E-state index contributed by atoms with van der Waals surface area (Å²) in [4.78, 5) is 15.6. The maximum absolute atomic E-state index is 12.0. The van der Waals surface area contributed by atoms with E-state index in [0.717, 1.165) is 32.0 Å². The van der Waals surface area contributed by atoms with Crippen LogP contribution < -0.4 is 10.6 Å². The molecule has 3 N–H and O–H groups in total. The summed E-state index contributed by atoms with van der Waals surface area (Å²) in [6.07, 6.45) is 1.67. The van der Waals surface area contributed by atoms with Crippen molar-refractivity contribution in [3.8, 4) is 0 Å². The first kappa shape index (κ1) is 16.0. The van der Waals surface area contributed by atoms with Gasteiger partial charge in [-0.1, -0.05) is 6.07 Å². The molecule has 1 fully saturated rings. The number of urea groups is 1. The second kappa shape index (κ2) is 8.09. The number of rotatable bonds is 6. The Morgan fingerprint density at radius 3 is 2.96 bits per heavy atom. The number of carbonyl (C=O) groups is 1. The molecule has 1 saturated heterocycles. The Morgan fingerprint density at radius 1 is 1.39 bits per heavy atom. The van der Waals surface area contributed by atoms with Gasteiger partial charge in [0.25, 0.3) is 0 Å². The number of carbonyl (C=O) groups excluding carboxylic acids is 1. The fourth-order valence-corrected chi connectivity index (χ4v) is 3.45. The third kappa shape index (κ3) is 4.54. The molecule has 0 spiro atoms. The maximum atomic E-state index is 12.0. The highest BCUT2D eigenvalue weighted by molar-refractivity contribution is 7.10. The number of aromatic nitrogens is 2. The Labute approximate surface area is 139 Å². The van der Waals surface area contributed by atoms with Crippen molar-refractivity contribution in [2.45, 2.75) is 12.6 Å². The van der Waals surface area contributed by atoms with Crippen LogP contribution in [0.3, 0.4) is 0 Å². The summed E-state index contributed by atoms with van der Waals surface area (Å²) >= 11 is 1.72. The number of nitrogens with one attached hydrogen (secondary N) is 3. The van der Waals surface area contributed by atoms with Gasteiger partial charge in [0.15, 0.2) is 0 Å². The number of ether oxygens (including phenoxy) is 1. The van der Waals surface area contributed by atoms with Gasteiger partial charge in [0.2, 0.25) is 0 Å². The summed E-state index contributed by atoms with van der Waals surface area (Å²) in [5, 5.41) is 14.5. The Bertz CT molecular complexity index is 581. The second-order valence-corrected chi connectivity index (χ2v) is 6.30. The Morgan fingerprint density at radius 2 is 2.26 bits per heavy atom. The number of nitrogens with zero attached hydrogens (tertiary/aromatic N) is 2. The van der Waals surface area contributed by atoms with Gasteiger partial charge in [0.05, 0.1) is 31.5 Å². The van der Waals surface area contributed by atoms with E-state index in [9.17, 15) is 4.79 Å². The minimum atomic E-state index is -0.172. The summed E-state index contributed by atoms with van der Waals surface area (Å²) < 4.78 is 5.43. The molecule has 0 unspecified atom stereocenters. The number of amides is 2. The van der Waals surface area contributed by atoms with Gasteiger partial charge in [0.1, 0.15) is 0 Å². The van der Waals surface area contributed by atoms with Crippen LogP contribution in [0.15, 0.2) is 29.8 Å². The van der Waals surface area contributed by atoms with E-state index in [-0.39, 0.29) is 12.1 Å². The largest absolute Gasteiger partial charge is 0.379 e. The van der Waals surface area contributed by atoms with Crippen molar-refractivity contribution in [3.63, 3.8) is 0 Å². The fourth-order valence-electron chi connectivity index (χ4n) is 2.59. The van der Waals surface area contributed by atoms with Crippen LogP contribution in [0, 0.1) is 0 Å². The molecule has 2 aromatic heterocycles. The SMILES string of the molecule is O=C(NCc1ccn[nH]1)NC[C@H](c1cccs1)N1CCOCC1. The molecule has 2 amide bonds. The predicted octanol–water partition coefficient (Wildman–Crippen LogP) is 1.34. The molecular formula is C15H21N5O2S. The molecule has 7 nitrogen and oxygen atoms in total. The van der Waals surface area contributed by atoms with Crippen LogP contribution in [0.1, 0.15) is 16.6 Å². The van der Waals surface area contributed by atoms with Gasteiger partial charge in [-0.2, -0.15) is 5.10 Å². The van der Waals surface area contributed by atoms with Crippen LogP contribution in [0.5, 0.6) is 0 Å². The van der Waals surface area contributed by atoms with Crippen molar-refractivity contribution in [2.24, 2.45) is 0 Å². The van der Waals surface area contributed by atoms with Crippen molar-refractivity contribution in [2.75, 3.05) is 32.8 Å². The molecule has 124 valence electrons. The van der Waals surface area contributed by atoms with Crippen LogP contribution in [0.25, 0.3) is 0 Å². The standard InChI is InChI=1S/C15H21N5O2S/c21-15(16-10-12-3-4-18-19-12)17-11-13(14-2-1-9-23-14)20-5-7-22-8-6-20/h1-4,9,13H,5-8,10-11H2,(H,18,19)(H2,16,17,21)/t13-/m1/s1. The summed E-state index contributed by atoms with van der Waals surface area (Å²) in [6.45, 7) is 4.28. The normalized spacial score (nSPS) is 16.9. The van der Waals surface area contributed by atoms with Gasteiger partial charge in [-0.3, -0.25) is 10.00 Å². The highest BCUT2D eigenvalue weighted by Gasteiger charge is 2.23. The quantitative estimate of drug-likeness (QED) is 0.744. The molecule has 3 heterocycles. The van der Waals surface area contributed by atoms with Gasteiger partial charge < -0.3 is 15.4 Å². The van der Waals surface area contributed by atoms with Crippen molar-refractivity contribution < 1.29 is 9.53 Å². The monoisotopic (exact) mass is 335 g/mol. The Balaban J connectivity index is 1.52. The maximum Gasteiger partial charge on any atom is 0.315 e. The molecular weight excluding hydrogens is 314 g/mol. The van der Waals surface area contributed by atoms with Crippen molar-refractivity contribution >= 4 is 17.4 Å². The van der Waals surface area contributed by atoms with Crippen molar-refractivity contribution in [3.05, 3.63) is 40.3 Å². The molecule has 0 aliphatic carbocycles. The van der Waals surface area contributed by atoms with Gasteiger partial charge in [-0.05, 0) is 17.5 Å². The van der Waals surface area contributed by atoms with E-state index in [4.69, 9.17) is 4.74 Å². The van der Waals surface area contributed by atoms with Gasteiger partial charge in [-0.25, -0.2) is 4.79 Å². The van der Waals surface area contributed by atoms with Crippen molar-refractivity contribution in [1.29, 1.82) is 0 Å². The average molecular weight is 335 g/mol. The lowest BCUT2D eigenvalue weighted by Gasteiger charge is -2.34. The van der Waals surface area contributed by atoms with Crippen molar-refractivity contribution in [1.82, 2.24) is 25.7 Å². The molecule has 1 atom stereocenters. The van der Waals surface area contributed by atoms with Crippen LogP contribution in [-0.4, -0.2) is 54.0 Å². The van der Waals surface area contributed by atoms with E-state index in [1.807, 2.05) is 12.1 Å². The molecule has 0 radical (unpaired) electrons. The van der Waals surface area contributed by atoms with E-state index in [0.29, 0.717) is 13.1 Å². The zero-order chi connectivity index (χ0) is 15.9. The first-order valence-corrected chi connectivity index (χ1v) is 8.56. The number of hydrogen-bond donors (Lipinski definition) is 3. The first-order chi connectivity index (χ1) is 11.3. The molecule has 2 aromatic rings. The van der Waals surface area contributed by atoms with Crippen LogP contribution in [0.4, 0.5) is 4.79 Å². The van der Waals surface area contributed by atoms with E-state index in [1.165, 1.54) is 4.88 Å². The fraction of sp³-hybridized carbons (Fsp3) is 0.467. The van der Waals surface area contributed by atoms with Crippen LogP contribution in [0.2, 0.25) is 0 Å². The van der Waals surface area contributed by atoms with Crippen LogP contribution in [-0.2, 0) is 11.3 Å². The van der Waals surface area contributed by atoms with Crippen LogP contribution >= 0.6 is 11.3 Å². The first-order valence-electron chi connectivity index (χ1n) is 7.68. The predicted molar refractivity (Wildman–Crippen MR) is 88.3 cm³/mol. The van der Waals surface area contributed by atoms with E-state index in [2.05, 4.69) is 37.2 Å². The zero-order valence-corrected chi connectivity index (χ0v) is 13.6. The Hall–Kier alpha value is -1.90. The average Bonchev–Trinajstić information content (AvgIpc) is 3.28. The molecule has 0 bridgehead atoms. The molecule has 0 aromatic carbocycles. The number of aromatic amines is 1. The number of thiophene rings is 1. The molecule has 1 aliphatic rings. The lowest BCUT2D eigenvalue weighted by atomic mass is 10.2. The topological polar surface area (TPSA) is 82.3 Å². The zero-order valence-electron chi connectivity index (χ0n) is 12.8. The number of morpholine rings is 1. The van der Waals surface area contributed by atoms with Gasteiger partial charge >= 0.3 is 6.03 Å². The smallest absolute Gasteiger partial charge is 0.315 e. The van der Waals surface area contributed by atoms with E-state index < -0.39 is 0 Å². The molecule has 23 heavy (non-hydrogen) atoms. The lowest BCUT2D eigenvalue weighted by Crippen LogP contribution is -2.45. The highest BCUT2D eigenvalue weighted by Crippen LogP contribution is 2.25. The number of H-pyrrole nitrogens is 1. The second-order valence-electron chi connectivity index (χ2n) is 5.33. The summed E-state index contributed by atoms with van der Waals surface area (Å²) in [5.74, 6) is 0. The molecule has 1 aliphatic heterocycles. The van der Waals surface area contributed by atoms with Gasteiger partial charge in [0, 0.05) is 30.7 Å². The molecule has 3 rings (SSSR count). The summed E-state index contributed by atoms with van der Waals surface area (Å²) in [6, 6.07) is 6.02. The minimum absolute atomic E-state index is 0.172. The molecule has 8 heteroatoms. The van der Waals surface area contributed by atoms with Gasteiger partial charge in [-0.15, -0.1) is 11.3 Å². The summed E-state index contributed by atoms with van der Waals surface area (Å²) in [5.41, 5.74) is 0.878. The Kier molecular flexibility index (Phi) is 5.62. The third-order valence-electron chi connectivity index (χ3n) is 3.81.